The van der Waals surface area contributed by atoms with Crippen LogP contribution in [-0.4, -0.2) is 19.7 Å². The number of nitrogens with one attached hydrogen (secondary N) is 1. The van der Waals surface area contributed by atoms with Gasteiger partial charge < -0.3 is 5.32 Å². The molecular weight excluding hydrogens is 255 g/mol. The van der Waals surface area contributed by atoms with Crippen molar-refractivity contribution in [1.29, 1.82) is 0 Å². The Morgan fingerprint density at radius 2 is 1.78 bits per heavy atom. The standard InChI is InChI=1S/C12H11FN2O2S/c1-18(16,17)10-7-5-9(6-8-10)14-12-4-2-3-11(13)15-12/h2-8H,1H3,(H,14,15). The Hall–Kier alpha value is -1.95. The normalized spacial score (nSPS) is 11.2. The Balaban J connectivity index is 2.21. The molecule has 0 radical (unpaired) electrons. The lowest BCUT2D eigenvalue weighted by atomic mass is 10.3. The van der Waals surface area contributed by atoms with Gasteiger partial charge in [-0.15, -0.1) is 0 Å². The third-order valence-corrected chi connectivity index (χ3v) is 3.40. The highest BCUT2D eigenvalue weighted by atomic mass is 32.2. The summed E-state index contributed by atoms with van der Waals surface area (Å²) in [6.07, 6.45) is 1.14. The molecule has 2 rings (SSSR count). The molecule has 1 N–H and O–H groups in total. The van der Waals surface area contributed by atoms with Crippen LogP contribution in [0.4, 0.5) is 15.9 Å². The van der Waals surface area contributed by atoms with Crippen molar-refractivity contribution in [1.82, 2.24) is 4.98 Å². The Morgan fingerprint density at radius 1 is 1.11 bits per heavy atom. The molecule has 0 atom stereocenters. The lowest BCUT2D eigenvalue weighted by Crippen LogP contribution is -1.98. The number of hydrogen-bond donors (Lipinski definition) is 1. The van der Waals surface area contributed by atoms with Crippen molar-refractivity contribution in [2.75, 3.05) is 11.6 Å². The fraction of sp³-hybridized carbons (Fsp3) is 0.0833. The molecule has 0 fully saturated rings. The van der Waals surface area contributed by atoms with Gasteiger partial charge in [-0.25, -0.2) is 13.4 Å². The van der Waals surface area contributed by atoms with Crippen molar-refractivity contribution in [2.45, 2.75) is 4.90 Å². The highest BCUT2D eigenvalue weighted by Crippen LogP contribution is 2.17. The molecule has 0 aliphatic rings. The van der Waals surface area contributed by atoms with Gasteiger partial charge in [0.25, 0.3) is 0 Å². The molecule has 1 aromatic carbocycles. The van der Waals surface area contributed by atoms with Crippen molar-refractivity contribution in [3.63, 3.8) is 0 Å². The van der Waals surface area contributed by atoms with Gasteiger partial charge in [0.05, 0.1) is 4.90 Å². The van der Waals surface area contributed by atoms with Crippen LogP contribution in [0.1, 0.15) is 0 Å². The van der Waals surface area contributed by atoms with Gasteiger partial charge in [0.1, 0.15) is 5.82 Å². The van der Waals surface area contributed by atoms with Gasteiger partial charge in [-0.3, -0.25) is 0 Å². The van der Waals surface area contributed by atoms with E-state index >= 15 is 0 Å². The van der Waals surface area contributed by atoms with Gasteiger partial charge in [-0.2, -0.15) is 4.39 Å². The predicted octanol–water partition coefficient (Wildman–Crippen LogP) is 2.37. The Bertz CT molecular complexity index is 654. The number of aromatic nitrogens is 1. The van der Waals surface area contributed by atoms with E-state index in [0.29, 0.717) is 11.5 Å². The molecular formula is C12H11FN2O2S. The number of hydrogen-bond acceptors (Lipinski definition) is 4. The minimum Gasteiger partial charge on any atom is -0.340 e. The van der Waals surface area contributed by atoms with Crippen LogP contribution < -0.4 is 5.32 Å². The van der Waals surface area contributed by atoms with E-state index in [2.05, 4.69) is 10.3 Å². The molecule has 4 nitrogen and oxygen atoms in total. The second-order valence-corrected chi connectivity index (χ2v) is 5.78. The van der Waals surface area contributed by atoms with Gasteiger partial charge in [0, 0.05) is 11.9 Å². The molecule has 0 saturated carbocycles. The highest BCUT2D eigenvalue weighted by Gasteiger charge is 2.06. The van der Waals surface area contributed by atoms with E-state index in [-0.39, 0.29) is 4.90 Å². The van der Waals surface area contributed by atoms with Crippen LogP contribution in [0, 0.1) is 5.95 Å². The smallest absolute Gasteiger partial charge is 0.214 e. The summed E-state index contributed by atoms with van der Waals surface area (Å²) in [6, 6.07) is 10.6. The van der Waals surface area contributed by atoms with E-state index in [0.717, 1.165) is 6.26 Å². The fourth-order valence-corrected chi connectivity index (χ4v) is 2.04. The first kappa shape index (κ1) is 12.5. The molecule has 0 saturated heterocycles. The zero-order valence-corrected chi connectivity index (χ0v) is 10.4. The molecule has 0 spiro atoms. The third-order valence-electron chi connectivity index (χ3n) is 2.27. The second kappa shape index (κ2) is 4.73. The average Bonchev–Trinajstić information content (AvgIpc) is 2.28. The fourth-order valence-electron chi connectivity index (χ4n) is 1.41. The summed E-state index contributed by atoms with van der Waals surface area (Å²) in [5, 5.41) is 2.88. The van der Waals surface area contributed by atoms with E-state index in [1.54, 1.807) is 18.2 Å². The van der Waals surface area contributed by atoms with Crippen LogP contribution in [0.5, 0.6) is 0 Å². The summed E-state index contributed by atoms with van der Waals surface area (Å²) in [7, 11) is -3.20. The van der Waals surface area contributed by atoms with Crippen LogP contribution in [0.15, 0.2) is 47.4 Å². The minimum absolute atomic E-state index is 0.236. The maximum absolute atomic E-state index is 12.9. The predicted molar refractivity (Wildman–Crippen MR) is 67.0 cm³/mol. The van der Waals surface area contributed by atoms with Crippen molar-refractivity contribution in [3.05, 3.63) is 48.4 Å². The van der Waals surface area contributed by atoms with E-state index in [9.17, 15) is 12.8 Å². The monoisotopic (exact) mass is 266 g/mol. The number of pyridine rings is 1. The SMILES string of the molecule is CS(=O)(=O)c1ccc(Nc2cccc(F)n2)cc1. The Labute approximate surface area is 104 Å². The number of rotatable bonds is 3. The summed E-state index contributed by atoms with van der Waals surface area (Å²) in [5.74, 6) is -0.213. The maximum Gasteiger partial charge on any atom is 0.214 e. The van der Waals surface area contributed by atoms with E-state index in [4.69, 9.17) is 0 Å². The first-order chi connectivity index (χ1) is 8.45. The van der Waals surface area contributed by atoms with E-state index in [1.807, 2.05) is 0 Å². The zero-order valence-electron chi connectivity index (χ0n) is 9.59. The van der Waals surface area contributed by atoms with Crippen molar-refractivity contribution in [3.8, 4) is 0 Å². The maximum atomic E-state index is 12.9. The van der Waals surface area contributed by atoms with Crippen LogP contribution >= 0.6 is 0 Å². The Morgan fingerprint density at radius 3 is 2.33 bits per heavy atom. The zero-order chi connectivity index (χ0) is 13.2. The number of halogens is 1. The number of nitrogens with zero attached hydrogens (tertiary/aromatic N) is 1. The summed E-state index contributed by atoms with van der Waals surface area (Å²) < 4.78 is 35.4. The molecule has 1 heterocycles. The van der Waals surface area contributed by atoms with Crippen molar-refractivity contribution < 1.29 is 12.8 Å². The second-order valence-electron chi connectivity index (χ2n) is 3.77. The molecule has 18 heavy (non-hydrogen) atoms. The average molecular weight is 266 g/mol. The summed E-state index contributed by atoms with van der Waals surface area (Å²) in [5.41, 5.74) is 0.639. The molecule has 1 aromatic heterocycles. The van der Waals surface area contributed by atoms with Crippen LogP contribution in [-0.2, 0) is 9.84 Å². The van der Waals surface area contributed by atoms with Crippen molar-refractivity contribution in [2.24, 2.45) is 0 Å². The first-order valence-electron chi connectivity index (χ1n) is 5.15. The Kier molecular flexibility index (Phi) is 3.29. The molecule has 6 heteroatoms. The molecule has 0 bridgehead atoms. The number of benzene rings is 1. The first-order valence-corrected chi connectivity index (χ1v) is 7.04. The molecule has 0 aliphatic carbocycles. The highest BCUT2D eigenvalue weighted by molar-refractivity contribution is 7.90. The van der Waals surface area contributed by atoms with Gasteiger partial charge >= 0.3 is 0 Å². The topological polar surface area (TPSA) is 59.1 Å². The van der Waals surface area contributed by atoms with Gasteiger partial charge in [-0.1, -0.05) is 6.07 Å². The number of sulfone groups is 1. The molecule has 0 unspecified atom stereocenters. The molecule has 94 valence electrons. The quantitative estimate of drug-likeness (QED) is 0.866. The van der Waals surface area contributed by atoms with E-state index < -0.39 is 15.8 Å². The van der Waals surface area contributed by atoms with Crippen LogP contribution in [0.3, 0.4) is 0 Å². The van der Waals surface area contributed by atoms with E-state index in [1.165, 1.54) is 24.3 Å². The molecule has 0 amide bonds. The van der Waals surface area contributed by atoms with Gasteiger partial charge in [0.2, 0.25) is 5.95 Å². The van der Waals surface area contributed by atoms with Crippen LogP contribution in [0.25, 0.3) is 0 Å². The minimum atomic E-state index is -3.20. The lowest BCUT2D eigenvalue weighted by Gasteiger charge is -2.06. The molecule has 0 aliphatic heterocycles. The lowest BCUT2D eigenvalue weighted by molar-refractivity contribution is 0.585. The summed E-state index contributed by atoms with van der Waals surface area (Å²) >= 11 is 0. The molecule has 2 aromatic rings. The largest absolute Gasteiger partial charge is 0.340 e. The van der Waals surface area contributed by atoms with Crippen LogP contribution in [0.2, 0.25) is 0 Å². The van der Waals surface area contributed by atoms with Gasteiger partial charge in [-0.05, 0) is 36.4 Å². The van der Waals surface area contributed by atoms with Gasteiger partial charge in [0.15, 0.2) is 9.84 Å². The number of anilines is 2. The third kappa shape index (κ3) is 3.04. The summed E-state index contributed by atoms with van der Waals surface area (Å²) in [4.78, 5) is 3.88. The van der Waals surface area contributed by atoms with Crippen molar-refractivity contribution >= 4 is 21.3 Å². The summed E-state index contributed by atoms with van der Waals surface area (Å²) in [6.45, 7) is 0.